The summed E-state index contributed by atoms with van der Waals surface area (Å²) in [6.07, 6.45) is 21.5. The van der Waals surface area contributed by atoms with Crippen molar-refractivity contribution in [1.82, 2.24) is 0 Å². The first kappa shape index (κ1) is 21.0. The molecule has 0 saturated heterocycles. The maximum absolute atomic E-state index is 5.86. The monoisotopic (exact) mass is 394 g/mol. The molecule has 3 aliphatic rings. The first-order chi connectivity index (χ1) is 14.3. The van der Waals surface area contributed by atoms with Gasteiger partial charge in [0.25, 0.3) is 0 Å². The van der Waals surface area contributed by atoms with Gasteiger partial charge < -0.3 is 4.74 Å². The van der Waals surface area contributed by atoms with E-state index >= 15 is 0 Å². The summed E-state index contributed by atoms with van der Waals surface area (Å²) < 4.78 is 5.86. The van der Waals surface area contributed by atoms with Gasteiger partial charge >= 0.3 is 0 Å². The van der Waals surface area contributed by atoms with Crippen LogP contribution in [0.2, 0.25) is 0 Å². The third-order valence-corrected chi connectivity index (χ3v) is 8.32. The van der Waals surface area contributed by atoms with Crippen LogP contribution in [0, 0.1) is 29.6 Å². The molecule has 1 heteroatoms. The molecule has 160 valence electrons. The van der Waals surface area contributed by atoms with Crippen molar-refractivity contribution in [1.29, 1.82) is 0 Å². The lowest BCUT2D eigenvalue weighted by Crippen LogP contribution is -2.35. The highest BCUT2D eigenvalue weighted by molar-refractivity contribution is 5.37. The fourth-order valence-electron chi connectivity index (χ4n) is 6.68. The number of rotatable bonds is 7. The highest BCUT2D eigenvalue weighted by Crippen LogP contribution is 2.49. The van der Waals surface area contributed by atoms with Crippen LogP contribution in [0.15, 0.2) is 30.4 Å². The minimum Gasteiger partial charge on any atom is -0.494 e. The predicted octanol–water partition coefficient (Wildman–Crippen LogP) is 7.77. The van der Waals surface area contributed by atoms with Crippen LogP contribution < -0.4 is 4.74 Å². The van der Waals surface area contributed by atoms with Gasteiger partial charge in [-0.05, 0) is 130 Å². The van der Waals surface area contributed by atoms with Crippen LogP contribution >= 0.6 is 0 Å². The molecule has 4 rings (SSSR count). The van der Waals surface area contributed by atoms with Gasteiger partial charge in [-0.15, -0.1) is 0 Å². The van der Waals surface area contributed by atoms with E-state index in [1.807, 2.05) is 0 Å². The second-order valence-electron chi connectivity index (χ2n) is 10.2. The molecule has 0 radical (unpaired) electrons. The molecule has 29 heavy (non-hydrogen) atoms. The van der Waals surface area contributed by atoms with E-state index in [2.05, 4.69) is 44.2 Å². The summed E-state index contributed by atoms with van der Waals surface area (Å²) in [4.78, 5) is 0. The molecule has 0 spiro atoms. The molecule has 3 aliphatic carbocycles. The van der Waals surface area contributed by atoms with Crippen LogP contribution in [0.5, 0.6) is 5.75 Å². The van der Waals surface area contributed by atoms with E-state index in [4.69, 9.17) is 4.74 Å². The maximum Gasteiger partial charge on any atom is 0.119 e. The van der Waals surface area contributed by atoms with Crippen molar-refractivity contribution in [2.45, 2.75) is 90.9 Å². The Morgan fingerprint density at radius 3 is 2.55 bits per heavy atom. The lowest BCUT2D eigenvalue weighted by atomic mass is 9.61. The van der Waals surface area contributed by atoms with Gasteiger partial charge in [0, 0.05) is 0 Å². The standard InChI is InChI=1S/C28H42O/c1-3-5-6-7-21-8-9-23-18-24(11-10-22(23)17-21)25-12-13-27-20-28(29-16-4-2)15-14-26(27)19-25/h3,5,14-15,20-25H,4,6-13,16-19H2,1-2H3/b5-3+. The van der Waals surface area contributed by atoms with E-state index in [-0.39, 0.29) is 0 Å². The van der Waals surface area contributed by atoms with Crippen LogP contribution in [0.1, 0.15) is 89.2 Å². The molecule has 1 aromatic rings. The highest BCUT2D eigenvalue weighted by Gasteiger charge is 2.38. The number of hydrogen-bond donors (Lipinski definition) is 0. The Morgan fingerprint density at radius 2 is 1.72 bits per heavy atom. The molecule has 0 N–H and O–H groups in total. The van der Waals surface area contributed by atoms with Crippen molar-refractivity contribution >= 4 is 0 Å². The number of benzene rings is 1. The Bertz CT molecular complexity index is 675. The van der Waals surface area contributed by atoms with Gasteiger partial charge in [0.2, 0.25) is 0 Å². The van der Waals surface area contributed by atoms with Gasteiger partial charge in [-0.3, -0.25) is 0 Å². The zero-order valence-corrected chi connectivity index (χ0v) is 18.9. The van der Waals surface area contributed by atoms with Crippen LogP contribution in [0.25, 0.3) is 0 Å². The normalized spacial score (nSPS) is 32.0. The summed E-state index contributed by atoms with van der Waals surface area (Å²) in [6, 6.07) is 6.91. The third kappa shape index (κ3) is 5.28. The average Bonchev–Trinajstić information content (AvgIpc) is 2.77. The second-order valence-corrected chi connectivity index (χ2v) is 10.2. The van der Waals surface area contributed by atoms with Crippen molar-refractivity contribution in [2.24, 2.45) is 29.6 Å². The predicted molar refractivity (Wildman–Crippen MR) is 123 cm³/mol. The van der Waals surface area contributed by atoms with E-state index in [0.29, 0.717) is 0 Å². The van der Waals surface area contributed by atoms with Crippen molar-refractivity contribution in [3.8, 4) is 5.75 Å². The first-order valence-corrected chi connectivity index (χ1v) is 12.6. The van der Waals surface area contributed by atoms with Gasteiger partial charge in [-0.2, -0.15) is 0 Å². The van der Waals surface area contributed by atoms with Crippen molar-refractivity contribution < 1.29 is 4.74 Å². The molecule has 0 heterocycles. The molecular weight excluding hydrogens is 352 g/mol. The quantitative estimate of drug-likeness (QED) is 0.429. The van der Waals surface area contributed by atoms with Crippen molar-refractivity contribution in [3.05, 3.63) is 41.5 Å². The Labute approximate surface area is 179 Å². The summed E-state index contributed by atoms with van der Waals surface area (Å²) in [6.45, 7) is 5.16. The van der Waals surface area contributed by atoms with E-state index in [1.54, 1.807) is 11.1 Å². The van der Waals surface area contributed by atoms with Crippen LogP contribution in [0.3, 0.4) is 0 Å². The van der Waals surface area contributed by atoms with Crippen LogP contribution in [0.4, 0.5) is 0 Å². The zero-order valence-electron chi connectivity index (χ0n) is 18.9. The van der Waals surface area contributed by atoms with E-state index < -0.39 is 0 Å². The molecule has 1 nitrogen and oxygen atoms in total. The van der Waals surface area contributed by atoms with Crippen LogP contribution in [-0.2, 0) is 12.8 Å². The Morgan fingerprint density at radius 1 is 0.931 bits per heavy atom. The first-order valence-electron chi connectivity index (χ1n) is 12.6. The largest absolute Gasteiger partial charge is 0.494 e. The van der Waals surface area contributed by atoms with Gasteiger partial charge in [-0.25, -0.2) is 0 Å². The smallest absolute Gasteiger partial charge is 0.119 e. The molecule has 0 aliphatic heterocycles. The lowest BCUT2D eigenvalue weighted by Gasteiger charge is -2.45. The molecule has 0 aromatic heterocycles. The fourth-order valence-corrected chi connectivity index (χ4v) is 6.68. The topological polar surface area (TPSA) is 9.23 Å². The van der Waals surface area contributed by atoms with Crippen LogP contribution in [-0.4, -0.2) is 6.61 Å². The van der Waals surface area contributed by atoms with Gasteiger partial charge in [0.05, 0.1) is 6.61 Å². The second kappa shape index (κ2) is 10.2. The highest BCUT2D eigenvalue weighted by atomic mass is 16.5. The van der Waals surface area contributed by atoms with Gasteiger partial charge in [0.1, 0.15) is 5.75 Å². The van der Waals surface area contributed by atoms with Crippen molar-refractivity contribution in [2.75, 3.05) is 6.61 Å². The summed E-state index contributed by atoms with van der Waals surface area (Å²) in [7, 11) is 0. The molecule has 0 bridgehead atoms. The average molecular weight is 395 g/mol. The van der Waals surface area contributed by atoms with Gasteiger partial charge in [-0.1, -0.05) is 31.6 Å². The molecule has 5 unspecified atom stereocenters. The van der Waals surface area contributed by atoms with E-state index in [1.165, 1.54) is 70.6 Å². The number of aryl methyl sites for hydroxylation is 1. The summed E-state index contributed by atoms with van der Waals surface area (Å²) in [5, 5.41) is 0. The Kier molecular flexibility index (Phi) is 7.38. The SMILES string of the molecule is C/C=C/CCC1CCC2CC(C3CCc4cc(OCCC)ccc4C3)CCC2C1. The number of ether oxygens (including phenoxy) is 1. The maximum atomic E-state index is 5.86. The molecular formula is C28H42O. The molecule has 0 amide bonds. The minimum absolute atomic E-state index is 0.836. The lowest BCUT2D eigenvalue weighted by molar-refractivity contribution is 0.0699. The summed E-state index contributed by atoms with van der Waals surface area (Å²) in [5.41, 5.74) is 3.17. The third-order valence-electron chi connectivity index (χ3n) is 8.32. The zero-order chi connectivity index (χ0) is 20.1. The Hall–Kier alpha value is -1.24. The minimum atomic E-state index is 0.836. The van der Waals surface area contributed by atoms with Gasteiger partial charge in [0.15, 0.2) is 0 Å². The molecule has 1 aromatic carbocycles. The summed E-state index contributed by atoms with van der Waals surface area (Å²) in [5.74, 6) is 6.09. The Balaban J connectivity index is 1.29. The van der Waals surface area contributed by atoms with E-state index in [9.17, 15) is 0 Å². The van der Waals surface area contributed by atoms with Crippen molar-refractivity contribution in [3.63, 3.8) is 0 Å². The summed E-state index contributed by atoms with van der Waals surface area (Å²) >= 11 is 0. The number of fused-ring (bicyclic) bond motifs is 2. The van der Waals surface area contributed by atoms with E-state index in [0.717, 1.165) is 48.4 Å². The fraction of sp³-hybridized carbons (Fsp3) is 0.714. The molecule has 2 fully saturated rings. The number of allylic oxidation sites excluding steroid dienone is 2. The number of hydrogen-bond acceptors (Lipinski definition) is 1. The molecule has 5 atom stereocenters. The molecule has 2 saturated carbocycles.